The van der Waals surface area contributed by atoms with E-state index in [1.807, 2.05) is 42.5 Å². The highest BCUT2D eigenvalue weighted by molar-refractivity contribution is 8.00. The van der Waals surface area contributed by atoms with Gasteiger partial charge in [0.05, 0.1) is 5.75 Å². The quantitative estimate of drug-likeness (QED) is 0.425. The average molecular weight is 417 g/mol. The number of amides is 1. The fourth-order valence-corrected chi connectivity index (χ4v) is 3.25. The van der Waals surface area contributed by atoms with Gasteiger partial charge in [0, 0.05) is 10.6 Å². The lowest BCUT2D eigenvalue weighted by atomic mass is 10.1. The molecule has 3 rings (SSSR count). The summed E-state index contributed by atoms with van der Waals surface area (Å²) in [5.74, 6) is -0.989. The first-order valence-corrected chi connectivity index (χ1v) is 9.60. The zero-order chi connectivity index (χ0) is 20.6. The summed E-state index contributed by atoms with van der Waals surface area (Å²) in [6, 6.07) is 19.2. The molecule has 0 aromatic heterocycles. The third-order valence-electron chi connectivity index (χ3n) is 3.81. The number of nitrogens with one attached hydrogen (secondary N) is 1. The average Bonchev–Trinajstić information content (AvgIpc) is 2.71. The molecule has 5 nitrogen and oxygen atoms in total. The van der Waals surface area contributed by atoms with E-state index in [9.17, 15) is 18.4 Å². The predicted octanol–water partition coefficient (Wildman–Crippen LogP) is 4.72. The Morgan fingerprint density at radius 2 is 1.69 bits per heavy atom. The maximum Gasteiger partial charge on any atom is 0.387 e. The number of alkyl halides is 2. The van der Waals surface area contributed by atoms with Crippen molar-refractivity contribution in [2.24, 2.45) is 0 Å². The van der Waals surface area contributed by atoms with Crippen molar-refractivity contribution in [2.75, 3.05) is 17.7 Å². The van der Waals surface area contributed by atoms with Gasteiger partial charge in [0.15, 0.2) is 6.61 Å². The Kier molecular flexibility index (Phi) is 7.02. The number of benzene rings is 3. The highest BCUT2D eigenvalue weighted by Crippen LogP contribution is 2.23. The Hall–Kier alpha value is -3.13. The standard InChI is InChI=1S/C21H17F2NO4S/c22-21(23)28-17-8-6-16(7-9-17)24-19(25)12-27-20(26)13-29-18-10-5-14-3-1-2-4-15(14)11-18/h1-11,21H,12-13H2,(H,24,25). The smallest absolute Gasteiger partial charge is 0.387 e. The van der Waals surface area contributed by atoms with Crippen LogP contribution in [0.4, 0.5) is 14.5 Å². The zero-order valence-corrected chi connectivity index (χ0v) is 16.0. The van der Waals surface area contributed by atoms with Gasteiger partial charge in [-0.1, -0.05) is 30.3 Å². The highest BCUT2D eigenvalue weighted by atomic mass is 32.2. The topological polar surface area (TPSA) is 64.6 Å². The Morgan fingerprint density at radius 1 is 0.966 bits per heavy atom. The first-order chi connectivity index (χ1) is 14.0. The molecule has 29 heavy (non-hydrogen) atoms. The van der Waals surface area contributed by atoms with E-state index < -0.39 is 25.1 Å². The molecule has 150 valence electrons. The number of halogens is 2. The summed E-state index contributed by atoms with van der Waals surface area (Å²) in [4.78, 5) is 24.7. The molecule has 0 aliphatic carbocycles. The van der Waals surface area contributed by atoms with E-state index in [4.69, 9.17) is 4.74 Å². The van der Waals surface area contributed by atoms with Crippen LogP contribution in [0.5, 0.6) is 5.75 Å². The number of carbonyl (C=O) groups is 2. The number of esters is 1. The van der Waals surface area contributed by atoms with Crippen molar-refractivity contribution >= 4 is 40.1 Å². The summed E-state index contributed by atoms with van der Waals surface area (Å²) >= 11 is 1.32. The van der Waals surface area contributed by atoms with Gasteiger partial charge in [0.25, 0.3) is 5.91 Å². The van der Waals surface area contributed by atoms with Gasteiger partial charge < -0.3 is 14.8 Å². The molecule has 0 spiro atoms. The van der Waals surface area contributed by atoms with Gasteiger partial charge in [-0.25, -0.2) is 0 Å². The lowest BCUT2D eigenvalue weighted by Crippen LogP contribution is -2.21. The number of anilines is 1. The van der Waals surface area contributed by atoms with Gasteiger partial charge in [-0.05, 0) is 47.2 Å². The molecule has 0 radical (unpaired) electrons. The number of rotatable bonds is 8. The summed E-state index contributed by atoms with van der Waals surface area (Å²) in [6.07, 6.45) is 0. The maximum atomic E-state index is 12.1. The van der Waals surface area contributed by atoms with Crippen molar-refractivity contribution in [1.29, 1.82) is 0 Å². The van der Waals surface area contributed by atoms with Crippen molar-refractivity contribution in [3.63, 3.8) is 0 Å². The lowest BCUT2D eigenvalue weighted by molar-refractivity contribution is -0.144. The van der Waals surface area contributed by atoms with Crippen LogP contribution in [0.15, 0.2) is 71.6 Å². The van der Waals surface area contributed by atoms with E-state index in [1.54, 1.807) is 0 Å². The SMILES string of the molecule is O=C(COC(=O)CSc1ccc2ccccc2c1)Nc1ccc(OC(F)F)cc1. The Morgan fingerprint density at radius 3 is 2.41 bits per heavy atom. The zero-order valence-electron chi connectivity index (χ0n) is 15.1. The van der Waals surface area contributed by atoms with Crippen molar-refractivity contribution in [1.82, 2.24) is 0 Å². The molecule has 1 amide bonds. The number of hydrogen-bond donors (Lipinski definition) is 1. The minimum Gasteiger partial charge on any atom is -0.455 e. The molecule has 0 atom stereocenters. The normalized spacial score (nSPS) is 10.7. The molecule has 3 aromatic carbocycles. The molecular formula is C21H17F2NO4S. The van der Waals surface area contributed by atoms with Crippen LogP contribution in [0.1, 0.15) is 0 Å². The molecule has 0 unspecified atom stereocenters. The molecule has 1 N–H and O–H groups in total. The summed E-state index contributed by atoms with van der Waals surface area (Å²) in [5, 5.41) is 4.70. The van der Waals surface area contributed by atoms with Gasteiger partial charge in [0.2, 0.25) is 0 Å². The minimum absolute atomic E-state index is 0.0184. The second kappa shape index (κ2) is 9.88. The molecule has 0 saturated heterocycles. The molecule has 3 aromatic rings. The van der Waals surface area contributed by atoms with Crippen molar-refractivity contribution in [3.05, 3.63) is 66.7 Å². The fraction of sp³-hybridized carbons (Fsp3) is 0.143. The molecule has 0 bridgehead atoms. The molecule has 0 aliphatic rings. The van der Waals surface area contributed by atoms with E-state index >= 15 is 0 Å². The van der Waals surface area contributed by atoms with Crippen molar-refractivity contribution in [2.45, 2.75) is 11.5 Å². The summed E-state index contributed by atoms with van der Waals surface area (Å²) < 4.78 is 33.4. The van der Waals surface area contributed by atoms with Crippen LogP contribution in [0.25, 0.3) is 10.8 Å². The summed E-state index contributed by atoms with van der Waals surface area (Å²) in [6.45, 7) is -3.35. The second-order valence-corrected chi connectivity index (χ2v) is 6.96. The van der Waals surface area contributed by atoms with Gasteiger partial charge in [-0.2, -0.15) is 8.78 Å². The summed E-state index contributed by atoms with van der Waals surface area (Å²) in [7, 11) is 0. The van der Waals surface area contributed by atoms with E-state index in [0.29, 0.717) is 5.69 Å². The van der Waals surface area contributed by atoms with E-state index in [-0.39, 0.29) is 11.5 Å². The highest BCUT2D eigenvalue weighted by Gasteiger charge is 2.10. The van der Waals surface area contributed by atoms with Crippen LogP contribution in [0, 0.1) is 0 Å². The molecular weight excluding hydrogens is 400 g/mol. The number of carbonyl (C=O) groups excluding carboxylic acids is 2. The molecule has 0 fully saturated rings. The number of thioether (sulfide) groups is 1. The Balaban J connectivity index is 1.41. The fourth-order valence-electron chi connectivity index (χ4n) is 2.50. The second-order valence-electron chi connectivity index (χ2n) is 5.91. The van der Waals surface area contributed by atoms with Gasteiger partial charge in [-0.15, -0.1) is 11.8 Å². The first kappa shape index (κ1) is 20.6. The maximum absolute atomic E-state index is 12.1. The number of hydrogen-bond acceptors (Lipinski definition) is 5. The molecule has 0 saturated carbocycles. The number of ether oxygens (including phenoxy) is 2. The largest absolute Gasteiger partial charge is 0.455 e. The van der Waals surface area contributed by atoms with Crippen LogP contribution in [0.2, 0.25) is 0 Å². The van der Waals surface area contributed by atoms with Crippen LogP contribution in [-0.2, 0) is 14.3 Å². The monoisotopic (exact) mass is 417 g/mol. The van der Waals surface area contributed by atoms with E-state index in [1.165, 1.54) is 36.0 Å². The van der Waals surface area contributed by atoms with Crippen molar-refractivity contribution in [3.8, 4) is 5.75 Å². The van der Waals surface area contributed by atoms with Crippen LogP contribution in [0.3, 0.4) is 0 Å². The molecule has 0 aliphatic heterocycles. The first-order valence-electron chi connectivity index (χ1n) is 8.61. The number of fused-ring (bicyclic) bond motifs is 1. The Labute approximate surface area is 170 Å². The lowest BCUT2D eigenvalue weighted by Gasteiger charge is -2.08. The van der Waals surface area contributed by atoms with Gasteiger partial charge in [0.1, 0.15) is 5.75 Å². The molecule has 0 heterocycles. The van der Waals surface area contributed by atoms with Gasteiger partial charge in [-0.3, -0.25) is 9.59 Å². The third-order valence-corrected chi connectivity index (χ3v) is 4.77. The van der Waals surface area contributed by atoms with Crippen LogP contribution in [-0.4, -0.2) is 30.8 Å². The summed E-state index contributed by atoms with van der Waals surface area (Å²) in [5.41, 5.74) is 0.373. The van der Waals surface area contributed by atoms with Crippen LogP contribution < -0.4 is 10.1 Å². The van der Waals surface area contributed by atoms with E-state index in [2.05, 4.69) is 10.1 Å². The van der Waals surface area contributed by atoms with Crippen molar-refractivity contribution < 1.29 is 27.8 Å². The predicted molar refractivity (Wildman–Crippen MR) is 107 cm³/mol. The Bertz CT molecular complexity index is 995. The van der Waals surface area contributed by atoms with Gasteiger partial charge >= 0.3 is 12.6 Å². The van der Waals surface area contributed by atoms with E-state index in [0.717, 1.165) is 15.7 Å². The molecule has 8 heteroatoms. The third kappa shape index (κ3) is 6.46. The van der Waals surface area contributed by atoms with Crippen LogP contribution >= 0.6 is 11.8 Å². The minimum atomic E-state index is -2.91.